The van der Waals surface area contributed by atoms with Crippen molar-refractivity contribution in [2.75, 3.05) is 20.4 Å². The van der Waals surface area contributed by atoms with Gasteiger partial charge in [0, 0.05) is 53.1 Å². The molecule has 1 saturated carbocycles. The lowest BCUT2D eigenvalue weighted by Crippen LogP contribution is -2.17. The van der Waals surface area contributed by atoms with Gasteiger partial charge in [0.2, 0.25) is 5.88 Å². The van der Waals surface area contributed by atoms with E-state index in [2.05, 4.69) is 4.98 Å². The molecule has 9 nitrogen and oxygen atoms in total. The van der Waals surface area contributed by atoms with Crippen LogP contribution < -0.4 is 14.2 Å². The number of fused-ring (bicyclic) bond motifs is 2. The zero-order chi connectivity index (χ0) is 33.6. The number of aromatic nitrogens is 3. The van der Waals surface area contributed by atoms with Crippen molar-refractivity contribution in [1.29, 1.82) is 5.26 Å². The van der Waals surface area contributed by atoms with Gasteiger partial charge in [-0.1, -0.05) is 12.1 Å². The molecule has 3 heterocycles. The summed E-state index contributed by atoms with van der Waals surface area (Å²) in [4.78, 5) is 21.2. The lowest BCUT2D eigenvalue weighted by molar-refractivity contribution is 0.0696. The van der Waals surface area contributed by atoms with E-state index in [9.17, 15) is 18.7 Å². The fourth-order valence-electron chi connectivity index (χ4n) is 6.15. The predicted octanol–water partition coefficient (Wildman–Crippen LogP) is 6.81. The molecule has 1 fully saturated rings. The number of hydrogen-bond acceptors (Lipinski definition) is 7. The average molecular weight is 655 g/mol. The van der Waals surface area contributed by atoms with E-state index >= 15 is 4.39 Å². The number of carboxylic acid groups (broad SMARTS) is 1. The standard InChI is InChI=1S/C36H29F3N4O5/c1-46-30-13-22(35(44)45)12-29-33(30)42-31(43(29)19-36(18-37)8-9-36)15-24-23-7-10-47-34(23)25(14-27(24)39)28-3-2-4-32(41-28)48-17-21-6-5-20(16-40)11-26(21)38/h2-6,11-14H,7-10,15,17-19H2,1H3,(H,44,45). The number of halogens is 3. The number of pyridine rings is 1. The van der Waals surface area contributed by atoms with Gasteiger partial charge < -0.3 is 23.9 Å². The fourth-order valence-corrected chi connectivity index (χ4v) is 6.15. The third-order valence-electron chi connectivity index (χ3n) is 9.03. The number of aromatic carboxylic acids is 1. The number of imidazole rings is 1. The number of methoxy groups -OCH3 is 1. The summed E-state index contributed by atoms with van der Waals surface area (Å²) in [7, 11) is 1.42. The Balaban J connectivity index is 1.24. The van der Waals surface area contributed by atoms with Gasteiger partial charge in [0.05, 0.1) is 48.8 Å². The highest BCUT2D eigenvalue weighted by Crippen LogP contribution is 2.49. The van der Waals surface area contributed by atoms with Crippen LogP contribution in [0.25, 0.3) is 22.3 Å². The van der Waals surface area contributed by atoms with Crippen LogP contribution in [-0.2, 0) is 26.0 Å². The Morgan fingerprint density at radius 3 is 2.67 bits per heavy atom. The molecule has 0 saturated heterocycles. The second kappa shape index (κ2) is 12.2. The van der Waals surface area contributed by atoms with E-state index in [0.29, 0.717) is 70.9 Å². The number of rotatable bonds is 11. The second-order valence-corrected chi connectivity index (χ2v) is 12.1. The monoisotopic (exact) mass is 654 g/mol. The number of nitrogens with zero attached hydrogens (tertiary/aromatic N) is 4. The minimum atomic E-state index is -1.14. The van der Waals surface area contributed by atoms with Gasteiger partial charge in [0.15, 0.2) is 0 Å². The van der Waals surface area contributed by atoms with Gasteiger partial charge in [-0.05, 0) is 49.2 Å². The molecule has 2 aliphatic rings. The molecule has 2 aromatic heterocycles. The van der Waals surface area contributed by atoms with E-state index in [1.165, 1.54) is 37.4 Å². The molecule has 7 rings (SSSR count). The Morgan fingerprint density at radius 1 is 1.12 bits per heavy atom. The molecule has 0 unspecified atom stereocenters. The van der Waals surface area contributed by atoms with Gasteiger partial charge in [-0.15, -0.1) is 0 Å². The number of ether oxygens (including phenoxy) is 3. The van der Waals surface area contributed by atoms with Gasteiger partial charge in [-0.2, -0.15) is 5.26 Å². The minimum Gasteiger partial charge on any atom is -0.494 e. The maximum absolute atomic E-state index is 16.2. The Hall–Kier alpha value is -5.57. The Morgan fingerprint density at radius 2 is 1.96 bits per heavy atom. The lowest BCUT2D eigenvalue weighted by Gasteiger charge is -2.17. The lowest BCUT2D eigenvalue weighted by atomic mass is 9.96. The SMILES string of the molecule is COc1cc(C(=O)O)cc2c1nc(Cc1c(F)cc(-c3cccc(OCc4ccc(C#N)cc4F)n3)c3c1CCO3)n2CC1(CF)CC1. The van der Waals surface area contributed by atoms with Crippen molar-refractivity contribution < 1.29 is 37.3 Å². The van der Waals surface area contributed by atoms with Crippen LogP contribution in [0.15, 0.2) is 54.6 Å². The molecule has 0 amide bonds. The molecule has 3 aromatic carbocycles. The van der Waals surface area contributed by atoms with E-state index in [4.69, 9.17) is 24.5 Å². The van der Waals surface area contributed by atoms with E-state index < -0.39 is 29.7 Å². The number of carboxylic acids is 1. The summed E-state index contributed by atoms with van der Waals surface area (Å²) in [6, 6.07) is 15.2. The molecule has 5 aromatic rings. The second-order valence-electron chi connectivity index (χ2n) is 12.1. The first kappa shape index (κ1) is 31.1. The highest BCUT2D eigenvalue weighted by atomic mass is 19.1. The highest BCUT2D eigenvalue weighted by molar-refractivity contribution is 5.95. The van der Waals surface area contributed by atoms with Crippen molar-refractivity contribution in [2.24, 2.45) is 5.41 Å². The normalized spacial score (nSPS) is 14.3. The van der Waals surface area contributed by atoms with Crippen LogP contribution in [0.4, 0.5) is 13.2 Å². The summed E-state index contributed by atoms with van der Waals surface area (Å²) < 4.78 is 63.7. The van der Waals surface area contributed by atoms with Gasteiger partial charge >= 0.3 is 5.97 Å². The van der Waals surface area contributed by atoms with E-state index in [1.54, 1.807) is 22.8 Å². The summed E-state index contributed by atoms with van der Waals surface area (Å²) in [5.41, 5.74) is 2.62. The zero-order valence-corrected chi connectivity index (χ0v) is 25.9. The Kier molecular flexibility index (Phi) is 7.91. The average Bonchev–Trinajstić information content (AvgIpc) is 3.55. The van der Waals surface area contributed by atoms with E-state index in [0.717, 1.165) is 6.07 Å². The minimum absolute atomic E-state index is 0.00252. The van der Waals surface area contributed by atoms with Gasteiger partial charge in [-0.3, -0.25) is 4.39 Å². The van der Waals surface area contributed by atoms with Gasteiger partial charge in [-0.25, -0.2) is 23.5 Å². The molecule has 244 valence electrons. The van der Waals surface area contributed by atoms with Gasteiger partial charge in [0.1, 0.15) is 41.1 Å². The predicted molar refractivity (Wildman–Crippen MR) is 168 cm³/mol. The number of benzene rings is 3. The first-order valence-corrected chi connectivity index (χ1v) is 15.3. The molecule has 1 N–H and O–H groups in total. The molecule has 12 heteroatoms. The number of carbonyl (C=O) groups is 1. The Bertz CT molecular complexity index is 2140. The van der Waals surface area contributed by atoms with Crippen LogP contribution in [0, 0.1) is 28.4 Å². The van der Waals surface area contributed by atoms with Gasteiger partial charge in [0.25, 0.3) is 0 Å². The van der Waals surface area contributed by atoms with Crippen molar-refractivity contribution >= 4 is 17.0 Å². The summed E-state index contributed by atoms with van der Waals surface area (Å²) in [5.74, 6) is -0.838. The summed E-state index contributed by atoms with van der Waals surface area (Å²) in [6.07, 6.45) is 1.85. The van der Waals surface area contributed by atoms with E-state index in [-0.39, 0.29) is 47.9 Å². The fraction of sp³-hybridized carbons (Fsp3) is 0.278. The maximum Gasteiger partial charge on any atom is 0.335 e. The molecular weight excluding hydrogens is 625 g/mol. The van der Waals surface area contributed by atoms with Crippen LogP contribution in [0.3, 0.4) is 0 Å². The van der Waals surface area contributed by atoms with Crippen LogP contribution in [0.2, 0.25) is 0 Å². The molecule has 48 heavy (non-hydrogen) atoms. The number of alkyl halides is 1. The zero-order valence-electron chi connectivity index (χ0n) is 25.9. The summed E-state index contributed by atoms with van der Waals surface area (Å²) >= 11 is 0. The highest BCUT2D eigenvalue weighted by Gasteiger charge is 2.44. The third kappa shape index (κ3) is 5.65. The topological polar surface area (TPSA) is 119 Å². The molecular formula is C36H29F3N4O5. The molecule has 1 aliphatic carbocycles. The summed E-state index contributed by atoms with van der Waals surface area (Å²) in [5, 5.41) is 18.7. The number of hydrogen-bond donors (Lipinski definition) is 1. The first-order valence-electron chi connectivity index (χ1n) is 15.3. The Labute approximate surface area is 273 Å². The van der Waals surface area contributed by atoms with Crippen molar-refractivity contribution in [3.63, 3.8) is 0 Å². The smallest absolute Gasteiger partial charge is 0.335 e. The van der Waals surface area contributed by atoms with Crippen molar-refractivity contribution in [3.8, 4) is 34.7 Å². The summed E-state index contributed by atoms with van der Waals surface area (Å²) in [6.45, 7) is -0.0706. The third-order valence-corrected chi connectivity index (χ3v) is 9.03. The quantitative estimate of drug-likeness (QED) is 0.165. The van der Waals surface area contributed by atoms with Crippen LogP contribution >= 0.6 is 0 Å². The molecule has 0 bridgehead atoms. The molecule has 1 aliphatic heterocycles. The maximum atomic E-state index is 16.2. The van der Waals surface area contributed by atoms with Crippen molar-refractivity contribution in [2.45, 2.75) is 38.8 Å². The van der Waals surface area contributed by atoms with Crippen molar-refractivity contribution in [1.82, 2.24) is 14.5 Å². The van der Waals surface area contributed by atoms with Crippen molar-refractivity contribution in [3.05, 3.63) is 99.9 Å². The molecule has 0 radical (unpaired) electrons. The first-order chi connectivity index (χ1) is 23.2. The molecule has 0 spiro atoms. The van der Waals surface area contributed by atoms with Crippen LogP contribution in [-0.4, -0.2) is 46.0 Å². The van der Waals surface area contributed by atoms with Crippen LogP contribution in [0.1, 0.15) is 51.3 Å². The largest absolute Gasteiger partial charge is 0.494 e. The van der Waals surface area contributed by atoms with Crippen LogP contribution in [0.5, 0.6) is 17.4 Å². The number of nitriles is 1. The molecule has 0 atom stereocenters. The van der Waals surface area contributed by atoms with E-state index in [1.807, 2.05) is 6.07 Å².